The first-order chi connectivity index (χ1) is 3.46. The van der Waals surface area contributed by atoms with Crippen LogP contribution in [0.4, 0.5) is 0 Å². The van der Waals surface area contributed by atoms with Crippen molar-refractivity contribution in [3.05, 3.63) is 0 Å². The second-order valence-corrected chi connectivity index (χ2v) is 0.983. The summed E-state index contributed by atoms with van der Waals surface area (Å²) in [6.45, 7) is 1.94. The average Bonchev–Trinajstić information content (AvgIpc) is 1.25. The van der Waals surface area contributed by atoms with Crippen molar-refractivity contribution in [2.75, 3.05) is 0 Å². The van der Waals surface area contributed by atoms with Crippen LogP contribution in [0.1, 0.15) is 13.8 Å². The summed E-state index contributed by atoms with van der Waals surface area (Å²) in [6, 6.07) is 0. The van der Waals surface area contributed by atoms with Crippen LogP contribution in [-0.2, 0) is 9.59 Å². The smallest absolute Gasteiger partial charge is 0.550 e. The maximum absolute atomic E-state index is 8.89. The number of hydrogen-bond acceptors (Lipinski definition) is 4. The second kappa shape index (κ2) is 31.2. The topological polar surface area (TPSA) is 175 Å². The standard InChI is InChI=1S/2C2H4O2.Mg.3H2O/c2*1-2(3)4;;;;/h2*1H3,(H,3,4);;3*1H2/q;;+2;;;/p-2. The Labute approximate surface area is 85.5 Å². The first kappa shape index (κ1) is 41.6. The monoisotopic (exact) mass is 196 g/mol. The fraction of sp³-hybridized carbons (Fsp3) is 0.500. The molecule has 0 aliphatic carbocycles. The Kier molecular flexibility index (Phi) is 108. The molecule has 0 aromatic heterocycles. The van der Waals surface area contributed by atoms with Crippen LogP contribution in [0.5, 0.6) is 0 Å². The number of carboxylic acid groups (broad SMARTS) is 2. The van der Waals surface area contributed by atoms with Crippen molar-refractivity contribution >= 4 is 35.0 Å². The molecule has 0 radical (unpaired) electrons. The molecule has 0 unspecified atom stereocenters. The van der Waals surface area contributed by atoms with Crippen molar-refractivity contribution in [1.82, 2.24) is 0 Å². The third-order valence-electron chi connectivity index (χ3n) is 0. The van der Waals surface area contributed by atoms with E-state index in [0.717, 1.165) is 13.8 Å². The number of aliphatic carboxylic acids is 2. The third kappa shape index (κ3) is 4130. The van der Waals surface area contributed by atoms with Crippen LogP contribution in [-0.4, -0.2) is 51.4 Å². The summed E-state index contributed by atoms with van der Waals surface area (Å²) >= 11 is 0. The predicted octanol–water partition coefficient (Wildman–Crippen LogP) is -5.34. The molecule has 0 aliphatic heterocycles. The van der Waals surface area contributed by atoms with Gasteiger partial charge in [-0.3, -0.25) is 0 Å². The molecule has 6 N–H and O–H groups in total. The van der Waals surface area contributed by atoms with Crippen molar-refractivity contribution < 1.29 is 36.2 Å². The van der Waals surface area contributed by atoms with E-state index in [1.165, 1.54) is 0 Å². The molecule has 0 rings (SSSR count). The van der Waals surface area contributed by atoms with Crippen LogP contribution in [0.3, 0.4) is 0 Å². The van der Waals surface area contributed by atoms with Gasteiger partial charge in [0, 0.05) is 11.9 Å². The fourth-order valence-corrected chi connectivity index (χ4v) is 0. The predicted molar refractivity (Wildman–Crippen MR) is 38.0 cm³/mol. The number of carboxylic acids is 2. The van der Waals surface area contributed by atoms with Crippen molar-refractivity contribution in [3.63, 3.8) is 0 Å². The van der Waals surface area contributed by atoms with Crippen molar-refractivity contribution in [3.8, 4) is 0 Å². The van der Waals surface area contributed by atoms with E-state index in [-0.39, 0.29) is 39.5 Å². The molecule has 0 heterocycles. The zero-order valence-corrected chi connectivity index (χ0v) is 8.25. The van der Waals surface area contributed by atoms with E-state index in [4.69, 9.17) is 19.8 Å². The Bertz CT molecular complexity index is 73.4. The maximum Gasteiger partial charge on any atom is 2.00 e. The average molecular weight is 196 g/mol. The van der Waals surface area contributed by atoms with E-state index < -0.39 is 11.9 Å². The number of carbonyl (C=O) groups is 2. The van der Waals surface area contributed by atoms with Crippen LogP contribution in [0.25, 0.3) is 0 Å². The summed E-state index contributed by atoms with van der Waals surface area (Å²) in [5.41, 5.74) is 0. The minimum atomic E-state index is -1.08. The molecule has 0 aromatic rings. The van der Waals surface area contributed by atoms with Crippen molar-refractivity contribution in [2.24, 2.45) is 0 Å². The van der Waals surface area contributed by atoms with E-state index in [1.54, 1.807) is 0 Å². The van der Waals surface area contributed by atoms with Crippen LogP contribution in [0.2, 0.25) is 0 Å². The molecule has 0 saturated heterocycles. The van der Waals surface area contributed by atoms with Gasteiger partial charge in [-0.2, -0.15) is 0 Å². The molecule has 0 spiro atoms. The van der Waals surface area contributed by atoms with Gasteiger partial charge in [0.2, 0.25) is 0 Å². The van der Waals surface area contributed by atoms with E-state index in [2.05, 4.69) is 0 Å². The molecule has 0 atom stereocenters. The Morgan fingerprint density at radius 1 is 0.833 bits per heavy atom. The van der Waals surface area contributed by atoms with Gasteiger partial charge < -0.3 is 36.2 Å². The Morgan fingerprint density at radius 3 is 0.833 bits per heavy atom. The number of hydrogen-bond donors (Lipinski definition) is 0. The molecule has 0 aromatic carbocycles. The first-order valence-corrected chi connectivity index (χ1v) is 1.82. The summed E-state index contributed by atoms with van der Waals surface area (Å²) in [7, 11) is 0. The number of rotatable bonds is 0. The van der Waals surface area contributed by atoms with Gasteiger partial charge in [0.25, 0.3) is 0 Å². The minimum Gasteiger partial charge on any atom is -0.550 e. The fourth-order valence-electron chi connectivity index (χ4n) is 0. The van der Waals surface area contributed by atoms with Gasteiger partial charge in [-0.05, 0) is 13.8 Å². The van der Waals surface area contributed by atoms with Gasteiger partial charge in [0.1, 0.15) is 0 Å². The first-order valence-electron chi connectivity index (χ1n) is 1.82. The summed E-state index contributed by atoms with van der Waals surface area (Å²) in [5.74, 6) is -2.17. The quantitative estimate of drug-likeness (QED) is 0.352. The molecular formula is C4H12MgO7. The van der Waals surface area contributed by atoms with Gasteiger partial charge >= 0.3 is 23.1 Å². The molecule has 0 amide bonds. The molecule has 0 aliphatic rings. The molecule has 7 nitrogen and oxygen atoms in total. The van der Waals surface area contributed by atoms with Crippen LogP contribution in [0.15, 0.2) is 0 Å². The zero-order valence-electron chi connectivity index (χ0n) is 6.84. The summed E-state index contributed by atoms with van der Waals surface area (Å²) < 4.78 is 0. The second-order valence-electron chi connectivity index (χ2n) is 0.983. The van der Waals surface area contributed by atoms with Crippen molar-refractivity contribution in [1.29, 1.82) is 0 Å². The molecule has 8 heteroatoms. The third-order valence-corrected chi connectivity index (χ3v) is 0. The molecule has 12 heavy (non-hydrogen) atoms. The van der Waals surface area contributed by atoms with Gasteiger partial charge in [-0.15, -0.1) is 0 Å². The summed E-state index contributed by atoms with van der Waals surface area (Å²) in [5, 5.41) is 17.8. The minimum absolute atomic E-state index is 0. The van der Waals surface area contributed by atoms with Crippen LogP contribution >= 0.6 is 0 Å². The molecular weight excluding hydrogens is 184 g/mol. The Morgan fingerprint density at radius 2 is 0.833 bits per heavy atom. The van der Waals surface area contributed by atoms with Gasteiger partial charge in [-0.1, -0.05) is 0 Å². The van der Waals surface area contributed by atoms with E-state index in [1.807, 2.05) is 0 Å². The van der Waals surface area contributed by atoms with Gasteiger partial charge in [0.15, 0.2) is 0 Å². The molecule has 0 bridgehead atoms. The van der Waals surface area contributed by atoms with Crippen molar-refractivity contribution in [2.45, 2.75) is 13.8 Å². The van der Waals surface area contributed by atoms with E-state index in [0.29, 0.717) is 0 Å². The van der Waals surface area contributed by atoms with Crippen LogP contribution in [0, 0.1) is 0 Å². The normalized spacial score (nSPS) is 4.17. The molecule has 0 fully saturated rings. The van der Waals surface area contributed by atoms with Crippen LogP contribution < -0.4 is 10.2 Å². The summed E-state index contributed by atoms with van der Waals surface area (Å²) in [6.07, 6.45) is 0. The molecule has 0 saturated carbocycles. The largest absolute Gasteiger partial charge is 2.00 e. The van der Waals surface area contributed by atoms with Gasteiger partial charge in [-0.25, -0.2) is 0 Å². The zero-order chi connectivity index (χ0) is 7.15. The molecule has 72 valence electrons. The maximum atomic E-state index is 8.89. The van der Waals surface area contributed by atoms with E-state index >= 15 is 0 Å². The van der Waals surface area contributed by atoms with Gasteiger partial charge in [0.05, 0.1) is 0 Å². The Balaban J connectivity index is -0.0000000112. The van der Waals surface area contributed by atoms with E-state index in [9.17, 15) is 0 Å². The SMILES string of the molecule is CC(=O)[O-].CC(=O)[O-].O.O.O.[Mg+2]. The summed E-state index contributed by atoms with van der Waals surface area (Å²) in [4.78, 5) is 17.8. The number of carbonyl (C=O) groups excluding carboxylic acids is 2. The Hall–Kier alpha value is -0.414.